The number of benzene rings is 3. The quantitative estimate of drug-likeness (QED) is 0.347. The van der Waals surface area contributed by atoms with Crippen LogP contribution in [0.3, 0.4) is 0 Å². The molecule has 0 radical (unpaired) electrons. The second-order valence-corrected chi connectivity index (χ2v) is 7.00. The third-order valence-corrected chi connectivity index (χ3v) is 4.85. The molecule has 0 saturated carbocycles. The lowest BCUT2D eigenvalue weighted by Crippen LogP contribution is -2.24. The maximum atomic E-state index is 13.2. The summed E-state index contributed by atoms with van der Waals surface area (Å²) in [5, 5.41) is 7.89. The van der Waals surface area contributed by atoms with Crippen molar-refractivity contribution in [1.29, 1.82) is 0 Å². The molecule has 0 unspecified atom stereocenters. The zero-order valence-electron chi connectivity index (χ0n) is 16.5. The number of amides is 2. The molecule has 150 valence electrons. The summed E-state index contributed by atoms with van der Waals surface area (Å²) < 4.78 is 15.3. The number of rotatable bonds is 5. The predicted molar refractivity (Wildman–Crippen MR) is 118 cm³/mol. The average Bonchev–Trinajstić information content (AvgIpc) is 3.09. The molecule has 3 aromatic carbocycles. The number of anilines is 1. The van der Waals surface area contributed by atoms with E-state index in [1.54, 1.807) is 18.3 Å². The minimum absolute atomic E-state index is 0.251. The molecule has 0 aliphatic rings. The van der Waals surface area contributed by atoms with E-state index in [2.05, 4.69) is 20.4 Å². The number of fused-ring (bicyclic) bond motifs is 1. The van der Waals surface area contributed by atoms with Gasteiger partial charge in [0.25, 0.3) is 0 Å². The molecule has 2 amide bonds. The van der Waals surface area contributed by atoms with Crippen molar-refractivity contribution in [2.45, 2.75) is 13.5 Å². The molecule has 5 nitrogen and oxygen atoms in total. The maximum absolute atomic E-state index is 13.2. The highest BCUT2D eigenvalue weighted by Gasteiger charge is 2.08. The van der Waals surface area contributed by atoms with Crippen LogP contribution in [0, 0.1) is 12.7 Å². The second kappa shape index (κ2) is 8.61. The number of urea groups is 1. The summed E-state index contributed by atoms with van der Waals surface area (Å²) in [6, 6.07) is 21.6. The largest absolute Gasteiger partial charge is 0.342 e. The highest BCUT2D eigenvalue weighted by Crippen LogP contribution is 2.21. The van der Waals surface area contributed by atoms with Crippen LogP contribution in [0.4, 0.5) is 14.9 Å². The molecule has 0 atom stereocenters. The van der Waals surface area contributed by atoms with Crippen LogP contribution >= 0.6 is 0 Å². The molecular weight excluding hydrogens is 379 g/mol. The number of halogens is 1. The monoisotopic (exact) mass is 400 g/mol. The molecule has 30 heavy (non-hydrogen) atoms. The number of aromatic nitrogens is 1. The fourth-order valence-electron chi connectivity index (χ4n) is 3.32. The van der Waals surface area contributed by atoms with E-state index in [1.165, 1.54) is 12.1 Å². The fourth-order valence-corrected chi connectivity index (χ4v) is 3.32. The molecule has 6 heteroatoms. The van der Waals surface area contributed by atoms with Crippen LogP contribution in [-0.2, 0) is 6.54 Å². The fraction of sp³-hybridized carbons (Fsp3) is 0.0833. The number of carbonyl (C=O) groups is 1. The van der Waals surface area contributed by atoms with E-state index < -0.39 is 6.03 Å². The number of hydrogen-bond acceptors (Lipinski definition) is 2. The lowest BCUT2D eigenvalue weighted by Gasteiger charge is -2.06. The van der Waals surface area contributed by atoms with Crippen molar-refractivity contribution in [1.82, 2.24) is 9.99 Å². The first-order chi connectivity index (χ1) is 14.6. The zero-order valence-corrected chi connectivity index (χ0v) is 16.5. The Labute approximate surface area is 173 Å². The van der Waals surface area contributed by atoms with Crippen molar-refractivity contribution in [3.8, 4) is 0 Å². The van der Waals surface area contributed by atoms with E-state index in [4.69, 9.17) is 0 Å². The second-order valence-electron chi connectivity index (χ2n) is 7.00. The van der Waals surface area contributed by atoms with Gasteiger partial charge in [-0.05, 0) is 42.3 Å². The third-order valence-electron chi connectivity index (χ3n) is 4.85. The van der Waals surface area contributed by atoms with Gasteiger partial charge >= 0.3 is 6.03 Å². The number of nitrogens with one attached hydrogen (secondary N) is 2. The van der Waals surface area contributed by atoms with E-state index in [9.17, 15) is 9.18 Å². The van der Waals surface area contributed by atoms with E-state index in [-0.39, 0.29) is 5.82 Å². The molecule has 4 aromatic rings. The van der Waals surface area contributed by atoms with E-state index in [0.717, 1.165) is 33.3 Å². The van der Waals surface area contributed by atoms with Crippen LogP contribution in [0.5, 0.6) is 0 Å². The number of carbonyl (C=O) groups excluding carboxylic acids is 1. The number of hydrazone groups is 1. The van der Waals surface area contributed by atoms with Gasteiger partial charge in [0, 0.05) is 34.9 Å². The summed E-state index contributed by atoms with van der Waals surface area (Å²) in [6.45, 7) is 2.53. The molecule has 1 aromatic heterocycles. The van der Waals surface area contributed by atoms with Crippen molar-refractivity contribution in [2.24, 2.45) is 5.10 Å². The van der Waals surface area contributed by atoms with Gasteiger partial charge in [-0.15, -0.1) is 0 Å². The molecule has 0 bridgehead atoms. The summed E-state index contributed by atoms with van der Waals surface area (Å²) in [5.41, 5.74) is 7.13. The Hall–Kier alpha value is -3.93. The van der Waals surface area contributed by atoms with Crippen molar-refractivity contribution in [3.63, 3.8) is 0 Å². The van der Waals surface area contributed by atoms with Gasteiger partial charge in [-0.2, -0.15) is 5.10 Å². The minimum Gasteiger partial charge on any atom is -0.342 e. The Balaban J connectivity index is 1.50. The lowest BCUT2D eigenvalue weighted by molar-refractivity contribution is 0.252. The topological polar surface area (TPSA) is 58.4 Å². The number of hydrogen-bond donors (Lipinski definition) is 2. The molecular formula is C24H21FN4O. The SMILES string of the molecule is Cc1ccccc1NC(=O)NN=Cc1cn(Cc2ccc(F)cc2)c2ccccc12. The smallest absolute Gasteiger partial charge is 0.339 e. The number of para-hydroxylation sites is 2. The van der Waals surface area contributed by atoms with Crippen molar-refractivity contribution >= 4 is 28.8 Å². The van der Waals surface area contributed by atoms with E-state index >= 15 is 0 Å². The van der Waals surface area contributed by atoms with Gasteiger partial charge in [-0.25, -0.2) is 14.6 Å². The standard InChI is InChI=1S/C24H21FN4O/c1-17-6-2-4-8-22(17)27-24(30)28-26-14-19-16-29(23-9-5-3-7-21(19)23)15-18-10-12-20(25)13-11-18/h2-14,16H,15H2,1H3,(H2,27,28,30). The van der Waals surface area contributed by atoms with Crippen LogP contribution in [0.25, 0.3) is 10.9 Å². The van der Waals surface area contributed by atoms with Gasteiger partial charge in [-0.3, -0.25) is 0 Å². The normalized spacial score (nSPS) is 11.1. The summed E-state index contributed by atoms with van der Waals surface area (Å²) in [7, 11) is 0. The highest BCUT2D eigenvalue weighted by molar-refractivity contribution is 6.00. The van der Waals surface area contributed by atoms with Crippen LogP contribution in [0.1, 0.15) is 16.7 Å². The maximum Gasteiger partial charge on any atom is 0.339 e. The Bertz CT molecular complexity index is 1210. The molecule has 1 heterocycles. The summed E-state index contributed by atoms with van der Waals surface area (Å²) >= 11 is 0. The summed E-state index contributed by atoms with van der Waals surface area (Å²) in [6.07, 6.45) is 3.60. The molecule has 0 aliphatic heterocycles. The van der Waals surface area contributed by atoms with Gasteiger partial charge < -0.3 is 9.88 Å². The van der Waals surface area contributed by atoms with E-state index in [0.29, 0.717) is 6.54 Å². The van der Waals surface area contributed by atoms with Crippen LogP contribution in [-0.4, -0.2) is 16.8 Å². The minimum atomic E-state index is -0.407. The first-order valence-corrected chi connectivity index (χ1v) is 9.58. The molecule has 0 fully saturated rings. The Morgan fingerprint density at radius 2 is 1.77 bits per heavy atom. The van der Waals surface area contributed by atoms with Crippen LogP contribution < -0.4 is 10.7 Å². The molecule has 2 N–H and O–H groups in total. The van der Waals surface area contributed by atoms with Crippen LogP contribution in [0.2, 0.25) is 0 Å². The van der Waals surface area contributed by atoms with Gasteiger partial charge in [-0.1, -0.05) is 48.5 Å². The van der Waals surface area contributed by atoms with Crippen LogP contribution in [0.15, 0.2) is 84.1 Å². The number of nitrogens with zero attached hydrogens (tertiary/aromatic N) is 2. The summed E-state index contributed by atoms with van der Waals surface area (Å²) in [4.78, 5) is 12.1. The average molecular weight is 400 g/mol. The Morgan fingerprint density at radius 1 is 1.03 bits per heavy atom. The van der Waals surface area contributed by atoms with Crippen molar-refractivity contribution in [2.75, 3.05) is 5.32 Å². The number of aryl methyl sites for hydroxylation is 1. The Kier molecular flexibility index (Phi) is 5.57. The lowest BCUT2D eigenvalue weighted by atomic mass is 10.2. The van der Waals surface area contributed by atoms with Gasteiger partial charge in [0.2, 0.25) is 0 Å². The van der Waals surface area contributed by atoms with E-state index in [1.807, 2.05) is 61.7 Å². The van der Waals surface area contributed by atoms with Gasteiger partial charge in [0.1, 0.15) is 5.82 Å². The zero-order chi connectivity index (χ0) is 20.9. The highest BCUT2D eigenvalue weighted by atomic mass is 19.1. The van der Waals surface area contributed by atoms with Crippen molar-refractivity contribution < 1.29 is 9.18 Å². The first-order valence-electron chi connectivity index (χ1n) is 9.58. The van der Waals surface area contributed by atoms with Gasteiger partial charge in [0.05, 0.1) is 6.21 Å². The summed E-state index contributed by atoms with van der Waals surface area (Å²) in [5.74, 6) is -0.251. The molecule has 4 rings (SSSR count). The molecule has 0 aliphatic carbocycles. The van der Waals surface area contributed by atoms with Crippen molar-refractivity contribution in [3.05, 3.63) is 102 Å². The first kappa shape index (κ1) is 19.4. The van der Waals surface area contributed by atoms with Gasteiger partial charge in [0.15, 0.2) is 0 Å². The molecule has 0 saturated heterocycles. The predicted octanol–water partition coefficient (Wildman–Crippen LogP) is 5.29. The molecule has 0 spiro atoms. The Morgan fingerprint density at radius 3 is 2.57 bits per heavy atom. The third kappa shape index (κ3) is 4.38.